The summed E-state index contributed by atoms with van der Waals surface area (Å²) in [7, 11) is 0. The molecular formula is C20H24Cl3N3O. The van der Waals surface area contributed by atoms with Crippen molar-refractivity contribution in [1.29, 1.82) is 0 Å². The maximum absolute atomic E-state index is 9.56. The normalized spacial score (nSPS) is 10.8. The molecule has 0 bridgehead atoms. The lowest BCUT2D eigenvalue weighted by Crippen LogP contribution is -2.44. The first-order chi connectivity index (χ1) is 11.9. The van der Waals surface area contributed by atoms with Crippen molar-refractivity contribution in [3.8, 4) is 5.75 Å². The molecule has 2 aromatic carbocycles. The molecule has 3 rings (SSSR count). The van der Waals surface area contributed by atoms with Crippen molar-refractivity contribution < 1.29 is 5.11 Å². The molecule has 0 aliphatic rings. The van der Waals surface area contributed by atoms with E-state index in [2.05, 4.69) is 29.5 Å². The summed E-state index contributed by atoms with van der Waals surface area (Å²) < 4.78 is 0. The number of aromatic hydroxyl groups is 1. The number of pyridine rings is 1. The second kappa shape index (κ2) is 10.00. The van der Waals surface area contributed by atoms with Crippen LogP contribution in [0.5, 0.6) is 5.75 Å². The van der Waals surface area contributed by atoms with E-state index < -0.39 is 0 Å². The number of halogens is 3. The van der Waals surface area contributed by atoms with Gasteiger partial charge in [-0.05, 0) is 55.8 Å². The fraction of sp³-hybridized carbons (Fsp3) is 0.250. The van der Waals surface area contributed by atoms with Gasteiger partial charge < -0.3 is 15.7 Å². The van der Waals surface area contributed by atoms with E-state index in [1.807, 2.05) is 36.4 Å². The Morgan fingerprint density at radius 2 is 1.85 bits per heavy atom. The minimum Gasteiger partial charge on any atom is -0.508 e. The number of hydrogen-bond donors (Lipinski definition) is 3. The minimum atomic E-state index is -0.131. The predicted octanol–water partition coefficient (Wildman–Crippen LogP) is 5.42. The number of anilines is 1. The van der Waals surface area contributed by atoms with Crippen LogP contribution in [0.25, 0.3) is 10.9 Å². The number of phenols is 1. The molecule has 0 aliphatic heterocycles. The van der Waals surface area contributed by atoms with E-state index in [1.54, 1.807) is 18.3 Å². The molecule has 0 saturated heterocycles. The van der Waals surface area contributed by atoms with Crippen LogP contribution in [0.1, 0.15) is 19.4 Å². The van der Waals surface area contributed by atoms with Gasteiger partial charge in [0.1, 0.15) is 5.75 Å². The quantitative estimate of drug-likeness (QED) is 0.491. The lowest BCUT2D eigenvalue weighted by Gasteiger charge is -2.27. The first-order valence-corrected chi connectivity index (χ1v) is 8.62. The van der Waals surface area contributed by atoms with Gasteiger partial charge in [-0.1, -0.05) is 23.7 Å². The average Bonchev–Trinajstić information content (AvgIpc) is 2.58. The van der Waals surface area contributed by atoms with E-state index in [0.717, 1.165) is 28.7 Å². The van der Waals surface area contributed by atoms with Crippen molar-refractivity contribution in [2.24, 2.45) is 0 Å². The summed E-state index contributed by atoms with van der Waals surface area (Å²) in [6.45, 7) is 5.72. The molecule has 0 unspecified atom stereocenters. The Labute approximate surface area is 177 Å². The van der Waals surface area contributed by atoms with Crippen LogP contribution in [0.3, 0.4) is 0 Å². The Morgan fingerprint density at radius 3 is 2.59 bits per heavy atom. The topological polar surface area (TPSA) is 57.2 Å². The Hall–Kier alpha value is -1.72. The van der Waals surface area contributed by atoms with Crippen LogP contribution >= 0.6 is 36.4 Å². The molecule has 0 saturated carbocycles. The molecule has 0 atom stereocenters. The number of fused-ring (bicyclic) bond motifs is 1. The van der Waals surface area contributed by atoms with Crippen LogP contribution in [0, 0.1) is 0 Å². The highest BCUT2D eigenvalue weighted by Crippen LogP contribution is 2.24. The number of nitrogens with one attached hydrogen (secondary N) is 2. The average molecular weight is 429 g/mol. The second-order valence-electron chi connectivity index (χ2n) is 6.78. The van der Waals surface area contributed by atoms with Crippen molar-refractivity contribution in [2.75, 3.05) is 11.9 Å². The Balaban J connectivity index is 0.00000182. The van der Waals surface area contributed by atoms with Crippen LogP contribution in [0.2, 0.25) is 5.02 Å². The summed E-state index contributed by atoms with van der Waals surface area (Å²) in [5.41, 5.74) is 2.84. The molecule has 1 heterocycles. The molecule has 3 aromatic rings. The summed E-state index contributed by atoms with van der Waals surface area (Å²) in [5, 5.41) is 18.3. The molecule has 4 nitrogen and oxygen atoms in total. The van der Waals surface area contributed by atoms with Crippen molar-refractivity contribution in [3.05, 3.63) is 65.3 Å². The first kappa shape index (κ1) is 23.3. The third-order valence-electron chi connectivity index (χ3n) is 4.11. The maximum atomic E-state index is 9.56. The number of benzene rings is 2. The van der Waals surface area contributed by atoms with Gasteiger partial charge in [0.05, 0.1) is 5.52 Å². The second-order valence-corrected chi connectivity index (χ2v) is 7.22. The fourth-order valence-electron chi connectivity index (χ4n) is 2.66. The van der Waals surface area contributed by atoms with Crippen molar-refractivity contribution in [3.63, 3.8) is 0 Å². The molecule has 0 fully saturated rings. The highest BCUT2D eigenvalue weighted by molar-refractivity contribution is 6.31. The van der Waals surface area contributed by atoms with Crippen molar-refractivity contribution in [1.82, 2.24) is 10.3 Å². The van der Waals surface area contributed by atoms with E-state index in [1.165, 1.54) is 0 Å². The number of hydrogen-bond acceptors (Lipinski definition) is 4. The third kappa shape index (κ3) is 6.43. The van der Waals surface area contributed by atoms with Gasteiger partial charge in [-0.15, -0.1) is 24.8 Å². The lowest BCUT2D eigenvalue weighted by atomic mass is 10.0. The fourth-order valence-corrected chi connectivity index (χ4v) is 2.83. The van der Waals surface area contributed by atoms with Crippen LogP contribution in [-0.4, -0.2) is 22.2 Å². The Bertz CT molecular complexity index is 887. The lowest BCUT2D eigenvalue weighted by molar-refractivity contribution is 0.406. The van der Waals surface area contributed by atoms with Crippen LogP contribution in [0.15, 0.2) is 54.7 Å². The SMILES string of the molecule is CC(C)(CNc1ccnc2cc(Cl)ccc12)NCc1cccc(O)c1.Cl.Cl. The maximum Gasteiger partial charge on any atom is 0.115 e. The van der Waals surface area contributed by atoms with Gasteiger partial charge in [0, 0.05) is 40.9 Å². The minimum absolute atomic E-state index is 0. The first-order valence-electron chi connectivity index (χ1n) is 8.24. The zero-order chi connectivity index (χ0) is 17.9. The Morgan fingerprint density at radius 1 is 1.07 bits per heavy atom. The number of aromatic nitrogens is 1. The number of phenolic OH excluding ortho intramolecular Hbond substituents is 1. The predicted molar refractivity (Wildman–Crippen MR) is 119 cm³/mol. The van der Waals surface area contributed by atoms with Gasteiger partial charge in [0.15, 0.2) is 0 Å². The summed E-state index contributed by atoms with van der Waals surface area (Å²) in [5.74, 6) is 0.289. The smallest absolute Gasteiger partial charge is 0.115 e. The zero-order valence-corrected chi connectivity index (χ0v) is 17.6. The van der Waals surface area contributed by atoms with E-state index >= 15 is 0 Å². The van der Waals surface area contributed by atoms with Gasteiger partial charge >= 0.3 is 0 Å². The summed E-state index contributed by atoms with van der Waals surface area (Å²) in [4.78, 5) is 4.37. The number of rotatable bonds is 6. The standard InChI is InChI=1S/C20H22ClN3O.2ClH/c1-20(2,24-12-14-4-3-5-16(25)10-14)13-23-18-8-9-22-19-11-15(21)6-7-17(18)19;;/h3-11,24-25H,12-13H2,1-2H3,(H,22,23);2*1H. The van der Waals surface area contributed by atoms with E-state index in [9.17, 15) is 5.11 Å². The molecule has 0 radical (unpaired) electrons. The van der Waals surface area contributed by atoms with Gasteiger partial charge in [0.2, 0.25) is 0 Å². The van der Waals surface area contributed by atoms with Crippen molar-refractivity contribution in [2.45, 2.75) is 25.9 Å². The van der Waals surface area contributed by atoms with Crippen LogP contribution in [-0.2, 0) is 6.54 Å². The van der Waals surface area contributed by atoms with E-state index in [4.69, 9.17) is 11.6 Å². The summed E-state index contributed by atoms with van der Waals surface area (Å²) in [6.07, 6.45) is 1.79. The molecule has 3 N–H and O–H groups in total. The molecule has 0 amide bonds. The molecule has 1 aromatic heterocycles. The van der Waals surface area contributed by atoms with E-state index in [0.29, 0.717) is 11.6 Å². The van der Waals surface area contributed by atoms with Gasteiger partial charge in [-0.3, -0.25) is 4.98 Å². The summed E-state index contributed by atoms with van der Waals surface area (Å²) >= 11 is 6.04. The molecular weight excluding hydrogens is 405 g/mol. The van der Waals surface area contributed by atoms with E-state index in [-0.39, 0.29) is 36.1 Å². The molecule has 27 heavy (non-hydrogen) atoms. The molecule has 0 aliphatic carbocycles. The third-order valence-corrected chi connectivity index (χ3v) is 4.34. The highest BCUT2D eigenvalue weighted by Gasteiger charge is 2.17. The van der Waals surface area contributed by atoms with Gasteiger partial charge in [-0.25, -0.2) is 0 Å². The van der Waals surface area contributed by atoms with Crippen molar-refractivity contribution >= 4 is 53.0 Å². The monoisotopic (exact) mass is 427 g/mol. The molecule has 7 heteroatoms. The van der Waals surface area contributed by atoms with Crippen LogP contribution in [0.4, 0.5) is 5.69 Å². The highest BCUT2D eigenvalue weighted by atomic mass is 35.5. The summed E-state index contributed by atoms with van der Waals surface area (Å²) in [6, 6.07) is 15.0. The zero-order valence-electron chi connectivity index (χ0n) is 15.2. The van der Waals surface area contributed by atoms with Crippen LogP contribution < -0.4 is 10.6 Å². The number of nitrogens with zero attached hydrogens (tertiary/aromatic N) is 1. The Kier molecular flexibility index (Phi) is 8.63. The molecule has 0 spiro atoms. The van der Waals surface area contributed by atoms with Gasteiger partial charge in [0.25, 0.3) is 0 Å². The molecule has 146 valence electrons. The largest absolute Gasteiger partial charge is 0.508 e. The van der Waals surface area contributed by atoms with Gasteiger partial charge in [-0.2, -0.15) is 0 Å².